The van der Waals surface area contributed by atoms with Gasteiger partial charge in [-0.3, -0.25) is 0 Å². The molecule has 0 saturated heterocycles. The minimum Gasteiger partial charge on any atom is -0.171 e. The van der Waals surface area contributed by atoms with Crippen molar-refractivity contribution in [3.8, 4) is 0 Å². The van der Waals surface area contributed by atoms with Gasteiger partial charge in [0, 0.05) is 8.65 Å². The summed E-state index contributed by atoms with van der Waals surface area (Å²) in [4.78, 5) is 0. The molecule has 16 heavy (non-hydrogen) atoms. The first kappa shape index (κ1) is 11.8. The van der Waals surface area contributed by atoms with Gasteiger partial charge in [-0.05, 0) is 43.9 Å². The van der Waals surface area contributed by atoms with E-state index >= 15 is 0 Å². The summed E-state index contributed by atoms with van der Waals surface area (Å²) in [6.07, 6.45) is -0.239. The lowest BCUT2D eigenvalue weighted by molar-refractivity contribution is -0.231. The lowest BCUT2D eigenvalue weighted by atomic mass is 9.51. The van der Waals surface area contributed by atoms with Gasteiger partial charge < -0.3 is 0 Å². The molecule has 0 spiro atoms. The number of halogens is 5. The highest BCUT2D eigenvalue weighted by Crippen LogP contribution is 2.67. The van der Waals surface area contributed by atoms with E-state index in [1.807, 2.05) is 0 Å². The Bertz CT molecular complexity index is 290. The van der Waals surface area contributed by atoms with Gasteiger partial charge in [0.05, 0.1) is 5.92 Å². The van der Waals surface area contributed by atoms with E-state index in [1.54, 1.807) is 0 Å². The Kier molecular flexibility index (Phi) is 2.36. The zero-order valence-electron chi connectivity index (χ0n) is 8.66. The van der Waals surface area contributed by atoms with Crippen molar-refractivity contribution >= 4 is 31.9 Å². The third kappa shape index (κ3) is 1.68. The molecule has 0 aliphatic heterocycles. The van der Waals surface area contributed by atoms with Crippen molar-refractivity contribution in [2.24, 2.45) is 17.8 Å². The largest absolute Gasteiger partial charge is 0.392 e. The Balaban J connectivity index is 1.95. The highest BCUT2D eigenvalue weighted by atomic mass is 79.9. The van der Waals surface area contributed by atoms with Crippen LogP contribution in [-0.4, -0.2) is 14.8 Å². The fraction of sp³-hybridized carbons (Fsp3) is 1.00. The lowest BCUT2D eigenvalue weighted by Gasteiger charge is -2.61. The van der Waals surface area contributed by atoms with E-state index in [4.69, 9.17) is 0 Å². The molecule has 0 aromatic heterocycles. The molecule has 4 aliphatic rings. The molecular formula is C11H13Br2F3. The van der Waals surface area contributed by atoms with E-state index in [9.17, 15) is 13.2 Å². The Labute approximate surface area is 110 Å². The van der Waals surface area contributed by atoms with Gasteiger partial charge >= 0.3 is 6.18 Å². The Morgan fingerprint density at radius 2 is 1.25 bits per heavy atom. The molecule has 0 radical (unpaired) electrons. The molecule has 0 unspecified atom stereocenters. The number of hydrogen-bond donors (Lipinski definition) is 0. The molecule has 5 heteroatoms. The Morgan fingerprint density at radius 1 is 0.875 bits per heavy atom. The molecule has 0 aromatic carbocycles. The first-order valence-corrected chi connectivity index (χ1v) is 7.24. The summed E-state index contributed by atoms with van der Waals surface area (Å²) >= 11 is 7.38. The summed E-state index contributed by atoms with van der Waals surface area (Å²) in [7, 11) is 0. The van der Waals surface area contributed by atoms with Gasteiger partial charge in [-0.15, -0.1) is 0 Å². The van der Waals surface area contributed by atoms with Crippen LogP contribution in [0.4, 0.5) is 13.2 Å². The first-order valence-electron chi connectivity index (χ1n) is 5.65. The van der Waals surface area contributed by atoms with E-state index in [1.165, 1.54) is 0 Å². The van der Waals surface area contributed by atoms with Gasteiger partial charge in [0.25, 0.3) is 0 Å². The molecule has 0 nitrogen and oxygen atoms in total. The third-order valence-corrected chi connectivity index (χ3v) is 6.40. The minimum absolute atomic E-state index is 0.0237. The van der Waals surface area contributed by atoms with Crippen LogP contribution in [0.25, 0.3) is 0 Å². The van der Waals surface area contributed by atoms with E-state index < -0.39 is 12.1 Å². The summed E-state index contributed by atoms with van der Waals surface area (Å²) in [6.45, 7) is 0. The Hall–Kier alpha value is 0.750. The fourth-order valence-electron chi connectivity index (χ4n) is 4.47. The second kappa shape index (κ2) is 3.19. The molecule has 0 aromatic rings. The zero-order valence-corrected chi connectivity index (χ0v) is 11.8. The maximum Gasteiger partial charge on any atom is 0.392 e. The highest BCUT2D eigenvalue weighted by molar-refractivity contribution is 9.10. The van der Waals surface area contributed by atoms with Crippen molar-refractivity contribution in [1.29, 1.82) is 0 Å². The van der Waals surface area contributed by atoms with Crippen LogP contribution in [0.15, 0.2) is 0 Å². The normalized spacial score (nSPS) is 55.7. The maximum absolute atomic E-state index is 13.0. The van der Waals surface area contributed by atoms with Gasteiger partial charge in [0.15, 0.2) is 0 Å². The van der Waals surface area contributed by atoms with Crippen molar-refractivity contribution in [2.75, 3.05) is 0 Å². The molecule has 0 heterocycles. The monoisotopic (exact) mass is 360 g/mol. The van der Waals surface area contributed by atoms with Crippen LogP contribution >= 0.6 is 31.9 Å². The van der Waals surface area contributed by atoms with E-state index in [2.05, 4.69) is 31.9 Å². The predicted molar refractivity (Wildman–Crippen MR) is 62.9 cm³/mol. The maximum atomic E-state index is 13.0. The van der Waals surface area contributed by atoms with Crippen LogP contribution in [-0.2, 0) is 0 Å². The molecule has 4 bridgehead atoms. The molecule has 4 saturated carbocycles. The van der Waals surface area contributed by atoms with Crippen LogP contribution in [0.1, 0.15) is 32.1 Å². The fourth-order valence-corrected chi connectivity index (χ4v) is 7.59. The quantitative estimate of drug-likeness (QED) is 0.550. The molecule has 0 amide bonds. The highest BCUT2D eigenvalue weighted by Gasteiger charge is 2.65. The van der Waals surface area contributed by atoms with Gasteiger partial charge in [0.2, 0.25) is 0 Å². The topological polar surface area (TPSA) is 0 Å². The summed E-state index contributed by atoms with van der Waals surface area (Å²) in [5.74, 6) is -1.41. The third-order valence-electron chi connectivity index (χ3n) is 4.54. The van der Waals surface area contributed by atoms with Crippen molar-refractivity contribution < 1.29 is 13.2 Å². The average Bonchev–Trinajstić information content (AvgIpc) is 1.92. The molecule has 0 atom stereocenters. The van der Waals surface area contributed by atoms with Crippen molar-refractivity contribution in [1.82, 2.24) is 0 Å². The molecule has 4 aliphatic carbocycles. The number of hydrogen-bond acceptors (Lipinski definition) is 0. The number of alkyl halides is 5. The number of rotatable bonds is 0. The standard InChI is InChI=1S/C11H13Br2F3/c12-9-1-6-2-10(13,5-9)4-7(3-9)8(6)11(14,15)16/h6-8H,1-5H2. The molecule has 0 N–H and O–H groups in total. The lowest BCUT2D eigenvalue weighted by Crippen LogP contribution is -2.60. The van der Waals surface area contributed by atoms with Crippen molar-refractivity contribution in [3.05, 3.63) is 0 Å². The SMILES string of the molecule is FC(F)(F)C1C2CC3(Br)CC1CC(Br)(C2)C3. The smallest absolute Gasteiger partial charge is 0.171 e. The summed E-state index contributed by atoms with van der Waals surface area (Å²) in [5.41, 5.74) is 0. The van der Waals surface area contributed by atoms with E-state index in [0.717, 1.165) is 6.42 Å². The van der Waals surface area contributed by atoms with Crippen LogP contribution in [0, 0.1) is 17.8 Å². The zero-order chi connectivity index (χ0) is 11.8. The molecular weight excluding hydrogens is 349 g/mol. The summed E-state index contributed by atoms with van der Waals surface area (Å²) < 4.78 is 39.0. The van der Waals surface area contributed by atoms with Crippen molar-refractivity contribution in [2.45, 2.75) is 46.9 Å². The second-order valence-corrected chi connectivity index (χ2v) is 9.25. The van der Waals surface area contributed by atoms with Gasteiger partial charge in [-0.2, -0.15) is 13.2 Å². The first-order chi connectivity index (χ1) is 7.21. The molecule has 4 fully saturated rings. The second-order valence-electron chi connectivity index (χ2n) is 5.88. The van der Waals surface area contributed by atoms with E-state index in [0.29, 0.717) is 25.7 Å². The van der Waals surface area contributed by atoms with Gasteiger partial charge in [0.1, 0.15) is 0 Å². The predicted octanol–water partition coefficient (Wildman–Crippen LogP) is 4.66. The summed E-state index contributed by atoms with van der Waals surface area (Å²) in [5, 5.41) is 0. The molecule has 92 valence electrons. The molecule has 4 rings (SSSR count). The van der Waals surface area contributed by atoms with E-state index in [-0.39, 0.29) is 20.5 Å². The van der Waals surface area contributed by atoms with Crippen LogP contribution in [0.3, 0.4) is 0 Å². The van der Waals surface area contributed by atoms with Crippen molar-refractivity contribution in [3.63, 3.8) is 0 Å². The minimum atomic E-state index is -4.00. The van der Waals surface area contributed by atoms with Crippen LogP contribution < -0.4 is 0 Å². The Morgan fingerprint density at radius 3 is 1.56 bits per heavy atom. The summed E-state index contributed by atoms with van der Waals surface area (Å²) in [6, 6.07) is 0. The van der Waals surface area contributed by atoms with Crippen LogP contribution in [0.2, 0.25) is 0 Å². The van der Waals surface area contributed by atoms with Crippen LogP contribution in [0.5, 0.6) is 0 Å². The average molecular weight is 362 g/mol. The van der Waals surface area contributed by atoms with Gasteiger partial charge in [-0.25, -0.2) is 0 Å². The van der Waals surface area contributed by atoms with Gasteiger partial charge in [-0.1, -0.05) is 31.9 Å².